The van der Waals surface area contributed by atoms with E-state index in [1.165, 1.54) is 0 Å². The third-order valence-electron chi connectivity index (χ3n) is 2.51. The van der Waals surface area contributed by atoms with Gasteiger partial charge in [0.25, 0.3) is 0 Å². The smallest absolute Gasteiger partial charge is 0.149 e. The molecule has 0 saturated heterocycles. The fourth-order valence-electron chi connectivity index (χ4n) is 1.79. The first-order valence-corrected chi connectivity index (χ1v) is 7.29. The van der Waals surface area contributed by atoms with Crippen LogP contribution in [0.3, 0.4) is 0 Å². The molecule has 80 valence electrons. The van der Waals surface area contributed by atoms with Crippen LogP contribution in [-0.2, 0) is 0 Å². The minimum Gasteiger partial charge on any atom is -0.455 e. The van der Waals surface area contributed by atoms with Crippen molar-refractivity contribution in [1.29, 1.82) is 0 Å². The van der Waals surface area contributed by atoms with Gasteiger partial charge in [0.05, 0.1) is 3.57 Å². The van der Waals surface area contributed by atoms with E-state index in [4.69, 9.17) is 4.42 Å². The van der Waals surface area contributed by atoms with E-state index in [1.54, 1.807) is 0 Å². The zero-order valence-electron chi connectivity index (χ0n) is 7.93. The summed E-state index contributed by atoms with van der Waals surface area (Å²) >= 11 is 9.37. The average Bonchev–Trinajstić information content (AvgIpc) is 2.64. The predicted molar refractivity (Wildman–Crippen MR) is 81.8 cm³/mol. The van der Waals surface area contributed by atoms with Crippen LogP contribution >= 0.6 is 54.5 Å². The summed E-state index contributed by atoms with van der Waals surface area (Å²) in [5, 5.41) is 2.29. The van der Waals surface area contributed by atoms with Crippen LogP contribution in [0.25, 0.3) is 21.9 Å². The Bertz CT molecular complexity index is 703. The second-order valence-corrected chi connectivity index (χ2v) is 6.24. The van der Waals surface area contributed by atoms with E-state index >= 15 is 0 Å². The van der Waals surface area contributed by atoms with Gasteiger partial charge in [0.15, 0.2) is 0 Å². The van der Waals surface area contributed by atoms with E-state index in [-0.39, 0.29) is 0 Å². The number of fused-ring (bicyclic) bond motifs is 3. The number of halogens is 3. The molecule has 0 unspecified atom stereocenters. The van der Waals surface area contributed by atoms with Crippen LogP contribution in [0.2, 0.25) is 0 Å². The molecule has 0 fully saturated rings. The molecule has 1 aromatic heterocycles. The molecule has 1 heterocycles. The fraction of sp³-hybridized carbons (Fsp3) is 0. The van der Waals surface area contributed by atoms with E-state index in [1.807, 2.05) is 18.2 Å². The molecule has 3 aromatic rings. The van der Waals surface area contributed by atoms with Gasteiger partial charge >= 0.3 is 0 Å². The molecular weight excluding hydrogens is 447 g/mol. The van der Waals surface area contributed by atoms with Gasteiger partial charge in [0.1, 0.15) is 11.2 Å². The Hall–Kier alpha value is -0.0700. The Kier molecular flexibility index (Phi) is 2.76. The van der Waals surface area contributed by atoms with Crippen molar-refractivity contribution < 1.29 is 4.42 Å². The average molecular weight is 452 g/mol. The van der Waals surface area contributed by atoms with Crippen molar-refractivity contribution in [2.45, 2.75) is 0 Å². The van der Waals surface area contributed by atoms with Gasteiger partial charge in [-0.15, -0.1) is 0 Å². The Morgan fingerprint density at radius 1 is 1.00 bits per heavy atom. The van der Waals surface area contributed by atoms with Gasteiger partial charge in [-0.1, -0.05) is 22.0 Å². The number of hydrogen-bond donors (Lipinski definition) is 0. The van der Waals surface area contributed by atoms with Crippen LogP contribution in [0.5, 0.6) is 0 Å². The highest BCUT2D eigenvalue weighted by Crippen LogP contribution is 2.38. The molecule has 0 saturated carbocycles. The molecule has 0 aliphatic carbocycles. The van der Waals surface area contributed by atoms with Gasteiger partial charge in [0.2, 0.25) is 0 Å². The number of furan rings is 1. The summed E-state index contributed by atoms with van der Waals surface area (Å²) in [5.41, 5.74) is 1.86. The van der Waals surface area contributed by atoms with Crippen LogP contribution in [0.15, 0.2) is 43.7 Å². The fourth-order valence-corrected chi connectivity index (χ4v) is 3.24. The molecule has 1 nitrogen and oxygen atoms in total. The molecule has 0 amide bonds. The topological polar surface area (TPSA) is 13.1 Å². The molecule has 0 spiro atoms. The molecule has 0 atom stereocenters. The lowest BCUT2D eigenvalue weighted by Gasteiger charge is -1.96. The van der Waals surface area contributed by atoms with Gasteiger partial charge in [-0.25, -0.2) is 0 Å². The first-order valence-electron chi connectivity index (χ1n) is 4.63. The summed E-state index contributed by atoms with van der Waals surface area (Å²) in [7, 11) is 0. The van der Waals surface area contributed by atoms with Gasteiger partial charge in [0, 0.05) is 19.7 Å². The van der Waals surface area contributed by atoms with Gasteiger partial charge in [-0.3, -0.25) is 0 Å². The highest BCUT2D eigenvalue weighted by atomic mass is 127. The zero-order valence-corrected chi connectivity index (χ0v) is 13.3. The van der Waals surface area contributed by atoms with E-state index in [2.05, 4.69) is 66.6 Å². The van der Waals surface area contributed by atoms with E-state index in [9.17, 15) is 0 Å². The van der Waals surface area contributed by atoms with Crippen molar-refractivity contribution in [1.82, 2.24) is 0 Å². The zero-order chi connectivity index (χ0) is 11.3. The lowest BCUT2D eigenvalue weighted by atomic mass is 10.1. The molecule has 0 radical (unpaired) electrons. The van der Waals surface area contributed by atoms with Crippen LogP contribution in [-0.4, -0.2) is 0 Å². The van der Waals surface area contributed by atoms with Crippen LogP contribution < -0.4 is 0 Å². The second-order valence-electron chi connectivity index (χ2n) is 3.45. The van der Waals surface area contributed by atoms with Crippen molar-refractivity contribution in [3.05, 3.63) is 42.8 Å². The van der Waals surface area contributed by atoms with E-state index in [0.29, 0.717) is 0 Å². The monoisotopic (exact) mass is 450 g/mol. The minimum absolute atomic E-state index is 0.917. The normalized spacial score (nSPS) is 11.4. The molecule has 3 rings (SSSR count). The molecule has 0 N–H and O–H groups in total. The standard InChI is InChI=1S/C12H5Br2IO/c13-7-2-1-3-9-10(7)6-4-5-8(14)11(15)12(6)16-9/h1-5H. The van der Waals surface area contributed by atoms with Crippen LogP contribution in [0.4, 0.5) is 0 Å². The van der Waals surface area contributed by atoms with Crippen LogP contribution in [0.1, 0.15) is 0 Å². The molecule has 0 aliphatic heterocycles. The molecule has 16 heavy (non-hydrogen) atoms. The summed E-state index contributed by atoms with van der Waals surface area (Å²) in [4.78, 5) is 0. The summed E-state index contributed by atoms with van der Waals surface area (Å²) in [6, 6.07) is 10.1. The van der Waals surface area contributed by atoms with Crippen molar-refractivity contribution in [2.24, 2.45) is 0 Å². The SMILES string of the molecule is Brc1ccc2c(oc3cccc(Br)c32)c1I. The molecule has 2 aromatic carbocycles. The lowest BCUT2D eigenvalue weighted by molar-refractivity contribution is 0.666. The largest absolute Gasteiger partial charge is 0.455 e. The minimum atomic E-state index is 0.917. The Morgan fingerprint density at radius 3 is 2.62 bits per heavy atom. The van der Waals surface area contributed by atoms with Crippen molar-refractivity contribution >= 4 is 76.4 Å². The number of benzene rings is 2. The Labute approximate surface area is 123 Å². The number of rotatable bonds is 0. The van der Waals surface area contributed by atoms with Crippen molar-refractivity contribution in [3.63, 3.8) is 0 Å². The Balaban J connectivity index is 2.62. The van der Waals surface area contributed by atoms with Gasteiger partial charge in [-0.05, 0) is 62.8 Å². The van der Waals surface area contributed by atoms with Crippen LogP contribution in [0, 0.1) is 3.57 Å². The summed E-state index contributed by atoms with van der Waals surface area (Å²) in [5.74, 6) is 0. The van der Waals surface area contributed by atoms with Crippen molar-refractivity contribution in [2.75, 3.05) is 0 Å². The van der Waals surface area contributed by atoms with E-state index < -0.39 is 0 Å². The van der Waals surface area contributed by atoms with Gasteiger partial charge in [-0.2, -0.15) is 0 Å². The molecule has 0 bridgehead atoms. The third kappa shape index (κ3) is 1.54. The maximum absolute atomic E-state index is 5.88. The third-order valence-corrected chi connectivity index (χ3v) is 5.64. The van der Waals surface area contributed by atoms with Crippen molar-refractivity contribution in [3.8, 4) is 0 Å². The number of hydrogen-bond acceptors (Lipinski definition) is 1. The molecule has 0 aliphatic rings. The summed E-state index contributed by atoms with van der Waals surface area (Å²) in [6.07, 6.45) is 0. The summed E-state index contributed by atoms with van der Waals surface area (Å²) < 4.78 is 9.12. The Morgan fingerprint density at radius 2 is 1.81 bits per heavy atom. The van der Waals surface area contributed by atoms with Gasteiger partial charge < -0.3 is 4.42 Å². The first-order chi connectivity index (χ1) is 7.68. The highest BCUT2D eigenvalue weighted by molar-refractivity contribution is 14.1. The first kappa shape index (κ1) is 11.0. The van der Waals surface area contributed by atoms with E-state index in [0.717, 1.165) is 34.5 Å². The summed E-state index contributed by atoms with van der Waals surface area (Å²) in [6.45, 7) is 0. The highest BCUT2D eigenvalue weighted by Gasteiger charge is 2.13. The molecule has 4 heteroatoms. The quantitative estimate of drug-likeness (QED) is 0.399. The maximum atomic E-state index is 5.88. The second kappa shape index (κ2) is 3.99. The predicted octanol–water partition coefficient (Wildman–Crippen LogP) is 5.72. The molecular formula is C12H5Br2IO. The lowest BCUT2D eigenvalue weighted by Crippen LogP contribution is -1.75. The maximum Gasteiger partial charge on any atom is 0.149 e.